The molecule has 2 atom stereocenters. The molecule has 0 radical (unpaired) electrons. The summed E-state index contributed by atoms with van der Waals surface area (Å²) in [6, 6.07) is 8.71. The molecule has 1 saturated carbocycles. The van der Waals surface area contributed by atoms with Crippen molar-refractivity contribution in [1.29, 1.82) is 0 Å². The van der Waals surface area contributed by atoms with Crippen LogP contribution in [0.4, 0.5) is 0 Å². The molecule has 1 aliphatic carbocycles. The molecule has 2 aromatic heterocycles. The molecule has 160 valence electrons. The summed E-state index contributed by atoms with van der Waals surface area (Å²) >= 11 is 0. The van der Waals surface area contributed by atoms with Crippen LogP contribution in [0.25, 0.3) is 22.0 Å². The van der Waals surface area contributed by atoms with Crippen molar-refractivity contribution in [3.8, 4) is 11.1 Å². The van der Waals surface area contributed by atoms with E-state index in [-0.39, 0.29) is 11.3 Å². The predicted octanol–water partition coefficient (Wildman–Crippen LogP) is 4.40. The fourth-order valence-electron chi connectivity index (χ4n) is 5.38. The van der Waals surface area contributed by atoms with E-state index in [0.29, 0.717) is 12.5 Å². The molecule has 0 bridgehead atoms. The lowest BCUT2D eigenvalue weighted by Crippen LogP contribution is -2.41. The van der Waals surface area contributed by atoms with Crippen LogP contribution < -0.4 is 0 Å². The number of rotatable bonds is 5. The minimum atomic E-state index is -3.18. The molecule has 1 aliphatic heterocycles. The van der Waals surface area contributed by atoms with Gasteiger partial charge in [-0.2, -0.15) is 9.40 Å². The Morgan fingerprint density at radius 3 is 2.73 bits per heavy atom. The first-order valence-electron chi connectivity index (χ1n) is 11.1. The van der Waals surface area contributed by atoms with Gasteiger partial charge in [-0.05, 0) is 55.9 Å². The average Bonchev–Trinajstić information content (AvgIpc) is 3.49. The van der Waals surface area contributed by atoms with Gasteiger partial charge in [0.1, 0.15) is 0 Å². The Hall–Kier alpha value is -2.12. The number of benzene rings is 1. The molecule has 1 aromatic carbocycles. The summed E-state index contributed by atoms with van der Waals surface area (Å²) in [7, 11) is -3.18. The SMILES string of the molecule is C[C@@H]1C[C@H](Cn2ccc3cc(-c4cn[nH]c4)ccc32)CN1S(=O)(=O)C1CCCCC1. The molecular weight excluding hydrogens is 396 g/mol. The first-order chi connectivity index (χ1) is 14.5. The fraction of sp³-hybridized carbons (Fsp3) is 0.522. The molecule has 1 N–H and O–H groups in total. The monoisotopic (exact) mass is 426 g/mol. The topological polar surface area (TPSA) is 71.0 Å². The first kappa shape index (κ1) is 19.8. The predicted molar refractivity (Wildman–Crippen MR) is 120 cm³/mol. The van der Waals surface area contributed by atoms with Gasteiger partial charge >= 0.3 is 0 Å². The minimum absolute atomic E-state index is 0.0939. The first-order valence-corrected chi connectivity index (χ1v) is 12.6. The van der Waals surface area contributed by atoms with Gasteiger partial charge in [0, 0.05) is 48.0 Å². The van der Waals surface area contributed by atoms with Crippen LogP contribution in [0.3, 0.4) is 0 Å². The summed E-state index contributed by atoms with van der Waals surface area (Å²) in [5, 5.41) is 7.94. The normalized spacial score (nSPS) is 24.0. The van der Waals surface area contributed by atoms with Gasteiger partial charge in [-0.15, -0.1) is 0 Å². The number of hydrogen-bond donors (Lipinski definition) is 1. The summed E-state index contributed by atoms with van der Waals surface area (Å²) < 4.78 is 30.5. The maximum Gasteiger partial charge on any atom is 0.217 e. The van der Waals surface area contributed by atoms with Crippen molar-refractivity contribution in [2.45, 2.75) is 63.3 Å². The van der Waals surface area contributed by atoms with E-state index < -0.39 is 10.0 Å². The van der Waals surface area contributed by atoms with Crippen molar-refractivity contribution >= 4 is 20.9 Å². The van der Waals surface area contributed by atoms with Crippen LogP contribution in [0.5, 0.6) is 0 Å². The molecule has 0 unspecified atom stereocenters. The summed E-state index contributed by atoms with van der Waals surface area (Å²) in [4.78, 5) is 0. The van der Waals surface area contributed by atoms with Crippen LogP contribution >= 0.6 is 0 Å². The minimum Gasteiger partial charge on any atom is -0.347 e. The van der Waals surface area contributed by atoms with Crippen molar-refractivity contribution < 1.29 is 8.42 Å². The molecule has 7 heteroatoms. The molecule has 3 heterocycles. The zero-order valence-corrected chi connectivity index (χ0v) is 18.3. The van der Waals surface area contributed by atoms with Crippen LogP contribution in [0.15, 0.2) is 42.9 Å². The number of H-pyrrole nitrogens is 1. The highest BCUT2D eigenvalue weighted by atomic mass is 32.2. The van der Waals surface area contributed by atoms with Crippen LogP contribution in [0, 0.1) is 5.92 Å². The van der Waals surface area contributed by atoms with Crippen LogP contribution in [-0.4, -0.2) is 45.3 Å². The smallest absolute Gasteiger partial charge is 0.217 e. The van der Waals surface area contributed by atoms with E-state index in [9.17, 15) is 8.42 Å². The Morgan fingerprint density at radius 1 is 1.13 bits per heavy atom. The Morgan fingerprint density at radius 2 is 1.97 bits per heavy atom. The van der Waals surface area contributed by atoms with Crippen molar-refractivity contribution in [3.63, 3.8) is 0 Å². The molecule has 0 spiro atoms. The van der Waals surface area contributed by atoms with E-state index in [4.69, 9.17) is 0 Å². The van der Waals surface area contributed by atoms with E-state index in [0.717, 1.165) is 49.8 Å². The Balaban J connectivity index is 1.32. The van der Waals surface area contributed by atoms with Crippen molar-refractivity contribution in [2.24, 2.45) is 5.92 Å². The van der Waals surface area contributed by atoms with Gasteiger partial charge in [0.2, 0.25) is 10.0 Å². The third kappa shape index (κ3) is 3.58. The zero-order valence-electron chi connectivity index (χ0n) is 17.5. The van der Waals surface area contributed by atoms with Gasteiger partial charge in [0.05, 0.1) is 11.4 Å². The van der Waals surface area contributed by atoms with Crippen molar-refractivity contribution in [2.75, 3.05) is 6.54 Å². The van der Waals surface area contributed by atoms with Gasteiger partial charge in [-0.25, -0.2) is 8.42 Å². The van der Waals surface area contributed by atoms with Gasteiger partial charge in [-0.1, -0.05) is 25.3 Å². The largest absolute Gasteiger partial charge is 0.347 e. The molecule has 2 aliphatic rings. The van der Waals surface area contributed by atoms with Gasteiger partial charge < -0.3 is 4.57 Å². The van der Waals surface area contributed by atoms with E-state index in [1.54, 1.807) is 0 Å². The maximum atomic E-state index is 13.2. The van der Waals surface area contributed by atoms with Crippen molar-refractivity contribution in [3.05, 3.63) is 42.9 Å². The standard InChI is InChI=1S/C23H30N4O2S/c1-17-11-18(16-27(17)30(28,29)22-5-3-2-4-6-22)15-26-10-9-20-12-19(7-8-23(20)26)21-13-24-25-14-21/h7-10,12-14,17-18,22H,2-6,11,15-16H2,1H3,(H,24,25)/t17-,18-/m1/s1. The highest BCUT2D eigenvalue weighted by molar-refractivity contribution is 7.89. The highest BCUT2D eigenvalue weighted by Gasteiger charge is 2.41. The zero-order chi connectivity index (χ0) is 20.7. The lowest BCUT2D eigenvalue weighted by Gasteiger charge is -2.29. The number of fused-ring (bicyclic) bond motifs is 1. The fourth-order valence-corrected chi connectivity index (χ4v) is 7.69. The second-order valence-corrected chi connectivity index (χ2v) is 11.2. The molecular formula is C23H30N4O2S. The van der Waals surface area contributed by atoms with E-state index in [1.807, 2.05) is 16.7 Å². The third-order valence-corrected chi connectivity index (χ3v) is 9.44. The molecule has 1 saturated heterocycles. The molecule has 2 fully saturated rings. The number of hydrogen-bond acceptors (Lipinski definition) is 3. The van der Waals surface area contributed by atoms with Crippen LogP contribution in [-0.2, 0) is 16.6 Å². The maximum absolute atomic E-state index is 13.2. The number of nitrogens with one attached hydrogen (secondary N) is 1. The molecule has 3 aromatic rings. The van der Waals surface area contributed by atoms with Gasteiger partial charge in [0.15, 0.2) is 0 Å². The number of aromatic amines is 1. The molecule has 0 amide bonds. The lowest BCUT2D eigenvalue weighted by molar-refractivity contribution is 0.378. The second-order valence-electron chi connectivity index (χ2n) is 9.05. The highest BCUT2D eigenvalue weighted by Crippen LogP contribution is 2.34. The van der Waals surface area contributed by atoms with E-state index in [1.165, 1.54) is 17.3 Å². The molecule has 30 heavy (non-hydrogen) atoms. The Kier molecular flexibility index (Phi) is 5.19. The number of nitrogens with zero attached hydrogens (tertiary/aromatic N) is 3. The molecule has 5 rings (SSSR count). The number of sulfonamides is 1. The Labute approximate surface area is 178 Å². The van der Waals surface area contributed by atoms with E-state index in [2.05, 4.69) is 52.2 Å². The van der Waals surface area contributed by atoms with E-state index >= 15 is 0 Å². The third-order valence-electron chi connectivity index (χ3n) is 6.96. The lowest BCUT2D eigenvalue weighted by atomic mass is 10.0. The quantitative estimate of drug-likeness (QED) is 0.657. The summed E-state index contributed by atoms with van der Waals surface area (Å²) in [6.07, 6.45) is 11.7. The average molecular weight is 427 g/mol. The molecule has 6 nitrogen and oxygen atoms in total. The second kappa shape index (κ2) is 7.85. The van der Waals surface area contributed by atoms with Crippen molar-refractivity contribution in [1.82, 2.24) is 19.1 Å². The van der Waals surface area contributed by atoms with Crippen LogP contribution in [0.1, 0.15) is 45.4 Å². The van der Waals surface area contributed by atoms with Gasteiger partial charge in [-0.3, -0.25) is 5.10 Å². The van der Waals surface area contributed by atoms with Crippen LogP contribution in [0.2, 0.25) is 0 Å². The summed E-state index contributed by atoms with van der Waals surface area (Å²) in [5.74, 6) is 0.350. The number of aromatic nitrogens is 3. The Bertz CT molecular complexity index is 1110. The summed E-state index contributed by atoms with van der Waals surface area (Å²) in [5.41, 5.74) is 3.43. The summed E-state index contributed by atoms with van der Waals surface area (Å²) in [6.45, 7) is 3.58. The van der Waals surface area contributed by atoms with Gasteiger partial charge in [0.25, 0.3) is 0 Å².